The zero-order chi connectivity index (χ0) is 17.8. The fourth-order valence-corrected chi connectivity index (χ4v) is 2.96. The molecule has 0 radical (unpaired) electrons. The molecular weight excluding hydrogens is 312 g/mol. The second-order valence-electron chi connectivity index (χ2n) is 5.80. The average molecular weight is 332 g/mol. The van der Waals surface area contributed by atoms with Crippen LogP contribution in [0.5, 0.6) is 5.75 Å². The van der Waals surface area contributed by atoms with Gasteiger partial charge in [-0.05, 0) is 52.9 Å². The monoisotopic (exact) mass is 332 g/mol. The summed E-state index contributed by atoms with van der Waals surface area (Å²) in [5.41, 5.74) is 5.45. The van der Waals surface area contributed by atoms with Crippen LogP contribution in [0.4, 0.5) is 0 Å². The number of rotatable bonds is 4. The minimum atomic E-state index is -0.331. The van der Waals surface area contributed by atoms with Crippen LogP contribution in [0.25, 0.3) is 22.3 Å². The van der Waals surface area contributed by atoms with Crippen LogP contribution in [0.2, 0.25) is 0 Å². The quantitative estimate of drug-likeness (QED) is 0.622. The van der Waals surface area contributed by atoms with Gasteiger partial charge in [0.1, 0.15) is 5.75 Å². The van der Waals surface area contributed by atoms with E-state index in [4.69, 9.17) is 9.47 Å². The van der Waals surface area contributed by atoms with Crippen molar-refractivity contribution in [3.8, 4) is 28.0 Å². The molecule has 3 heteroatoms. The number of hydrogen-bond donors (Lipinski definition) is 0. The van der Waals surface area contributed by atoms with Crippen LogP contribution < -0.4 is 4.74 Å². The number of ether oxygens (including phenoxy) is 2. The largest absolute Gasteiger partial charge is 0.497 e. The van der Waals surface area contributed by atoms with Crippen molar-refractivity contribution in [3.05, 3.63) is 77.9 Å². The lowest BCUT2D eigenvalue weighted by Crippen LogP contribution is -2.06. The minimum Gasteiger partial charge on any atom is -0.497 e. The summed E-state index contributed by atoms with van der Waals surface area (Å²) in [6, 6.07) is 21.9. The van der Waals surface area contributed by atoms with E-state index in [1.54, 1.807) is 7.11 Å². The Morgan fingerprint density at radius 3 is 2.08 bits per heavy atom. The first-order chi connectivity index (χ1) is 12.1. The number of hydrogen-bond acceptors (Lipinski definition) is 3. The van der Waals surface area contributed by atoms with Crippen molar-refractivity contribution in [2.75, 3.05) is 14.2 Å². The Morgan fingerprint density at radius 2 is 1.48 bits per heavy atom. The Balaban J connectivity index is 2.21. The van der Waals surface area contributed by atoms with E-state index in [1.807, 2.05) is 61.5 Å². The summed E-state index contributed by atoms with van der Waals surface area (Å²) in [6.07, 6.45) is 0. The number of carbonyl (C=O) groups is 1. The molecule has 3 rings (SSSR count). The lowest BCUT2D eigenvalue weighted by atomic mass is 9.91. The summed E-state index contributed by atoms with van der Waals surface area (Å²) in [7, 11) is 3.04. The van der Waals surface area contributed by atoms with Crippen molar-refractivity contribution in [1.29, 1.82) is 0 Å². The fourth-order valence-electron chi connectivity index (χ4n) is 2.96. The number of methoxy groups -OCH3 is 2. The van der Waals surface area contributed by atoms with Gasteiger partial charge in [-0.1, -0.05) is 48.5 Å². The number of esters is 1. The molecule has 0 spiro atoms. The molecule has 0 bridgehead atoms. The van der Waals surface area contributed by atoms with E-state index in [0.717, 1.165) is 33.6 Å². The van der Waals surface area contributed by atoms with E-state index in [-0.39, 0.29) is 5.97 Å². The van der Waals surface area contributed by atoms with Crippen molar-refractivity contribution in [2.45, 2.75) is 6.92 Å². The van der Waals surface area contributed by atoms with Crippen LogP contribution in [0.1, 0.15) is 15.9 Å². The normalized spacial score (nSPS) is 10.4. The Bertz CT molecular complexity index is 881. The van der Waals surface area contributed by atoms with Gasteiger partial charge >= 0.3 is 5.97 Å². The van der Waals surface area contributed by atoms with Gasteiger partial charge in [0.2, 0.25) is 0 Å². The minimum absolute atomic E-state index is 0.331. The van der Waals surface area contributed by atoms with Crippen LogP contribution >= 0.6 is 0 Å². The number of aryl methyl sites for hydroxylation is 1. The van der Waals surface area contributed by atoms with Gasteiger partial charge in [0, 0.05) is 0 Å². The summed E-state index contributed by atoms with van der Waals surface area (Å²) < 4.78 is 10.2. The van der Waals surface area contributed by atoms with Crippen molar-refractivity contribution in [2.24, 2.45) is 0 Å². The Kier molecular flexibility index (Phi) is 4.85. The zero-order valence-electron chi connectivity index (χ0n) is 14.6. The molecule has 0 saturated heterocycles. The van der Waals surface area contributed by atoms with Crippen molar-refractivity contribution >= 4 is 5.97 Å². The lowest BCUT2D eigenvalue weighted by Gasteiger charge is -2.15. The Hall–Kier alpha value is -3.07. The maximum Gasteiger partial charge on any atom is 0.338 e. The smallest absolute Gasteiger partial charge is 0.338 e. The van der Waals surface area contributed by atoms with E-state index in [2.05, 4.69) is 12.1 Å². The molecule has 0 aromatic heterocycles. The molecule has 3 aromatic carbocycles. The zero-order valence-corrected chi connectivity index (χ0v) is 14.6. The van der Waals surface area contributed by atoms with Gasteiger partial charge in [-0.2, -0.15) is 0 Å². The molecular formula is C22H20O3. The highest BCUT2D eigenvalue weighted by Gasteiger charge is 2.18. The standard InChI is InChI=1S/C22H20O3/c1-15-13-18(16-7-5-4-6-8-16)14-20(21(15)22(23)25-3)17-9-11-19(24-2)12-10-17/h4-14H,1-3H3. The van der Waals surface area contributed by atoms with Gasteiger partial charge < -0.3 is 9.47 Å². The molecule has 0 unspecified atom stereocenters. The number of benzene rings is 3. The third-order valence-electron chi connectivity index (χ3n) is 4.23. The first kappa shape index (κ1) is 16.8. The maximum absolute atomic E-state index is 12.4. The maximum atomic E-state index is 12.4. The molecule has 126 valence electrons. The van der Waals surface area contributed by atoms with Crippen LogP contribution in [0.3, 0.4) is 0 Å². The van der Waals surface area contributed by atoms with Gasteiger partial charge in [-0.3, -0.25) is 0 Å². The lowest BCUT2D eigenvalue weighted by molar-refractivity contribution is 0.0601. The molecule has 0 fully saturated rings. The summed E-state index contributed by atoms with van der Waals surface area (Å²) in [5, 5.41) is 0. The van der Waals surface area contributed by atoms with Gasteiger partial charge in [-0.15, -0.1) is 0 Å². The summed E-state index contributed by atoms with van der Waals surface area (Å²) in [6.45, 7) is 1.94. The summed E-state index contributed by atoms with van der Waals surface area (Å²) in [5.74, 6) is 0.447. The molecule has 0 atom stereocenters. The van der Waals surface area contributed by atoms with Gasteiger partial charge in [-0.25, -0.2) is 4.79 Å². The Labute approximate surface area is 147 Å². The predicted molar refractivity (Wildman–Crippen MR) is 99.9 cm³/mol. The molecule has 3 nitrogen and oxygen atoms in total. The first-order valence-corrected chi connectivity index (χ1v) is 8.07. The first-order valence-electron chi connectivity index (χ1n) is 8.07. The molecule has 0 amide bonds. The van der Waals surface area contributed by atoms with Crippen molar-refractivity contribution in [1.82, 2.24) is 0 Å². The van der Waals surface area contributed by atoms with Crippen molar-refractivity contribution < 1.29 is 14.3 Å². The Morgan fingerprint density at radius 1 is 0.800 bits per heavy atom. The highest BCUT2D eigenvalue weighted by molar-refractivity contribution is 6.00. The highest BCUT2D eigenvalue weighted by Crippen LogP contribution is 2.33. The summed E-state index contributed by atoms with van der Waals surface area (Å²) in [4.78, 5) is 12.4. The highest BCUT2D eigenvalue weighted by atomic mass is 16.5. The molecule has 0 N–H and O–H groups in total. The van der Waals surface area contributed by atoms with Crippen LogP contribution in [-0.2, 0) is 4.74 Å². The van der Waals surface area contributed by atoms with E-state index in [1.165, 1.54) is 7.11 Å². The van der Waals surface area contributed by atoms with Crippen LogP contribution in [0, 0.1) is 6.92 Å². The fraction of sp³-hybridized carbons (Fsp3) is 0.136. The summed E-state index contributed by atoms with van der Waals surface area (Å²) >= 11 is 0. The van der Waals surface area contributed by atoms with E-state index >= 15 is 0 Å². The van der Waals surface area contributed by atoms with E-state index in [0.29, 0.717) is 5.56 Å². The topological polar surface area (TPSA) is 35.5 Å². The predicted octanol–water partition coefficient (Wildman–Crippen LogP) is 5.12. The van der Waals surface area contributed by atoms with E-state index < -0.39 is 0 Å². The second-order valence-corrected chi connectivity index (χ2v) is 5.80. The third kappa shape index (κ3) is 3.41. The average Bonchev–Trinajstić information content (AvgIpc) is 2.67. The SMILES string of the molecule is COC(=O)c1c(C)cc(-c2ccccc2)cc1-c1ccc(OC)cc1. The van der Waals surface area contributed by atoms with Gasteiger partial charge in [0.15, 0.2) is 0 Å². The molecule has 0 aliphatic heterocycles. The number of carbonyl (C=O) groups excluding carboxylic acids is 1. The second kappa shape index (κ2) is 7.22. The van der Waals surface area contributed by atoms with Crippen LogP contribution in [-0.4, -0.2) is 20.2 Å². The molecule has 25 heavy (non-hydrogen) atoms. The molecule has 0 aliphatic carbocycles. The van der Waals surface area contributed by atoms with Gasteiger partial charge in [0.05, 0.1) is 19.8 Å². The van der Waals surface area contributed by atoms with Gasteiger partial charge in [0.25, 0.3) is 0 Å². The molecule has 3 aromatic rings. The third-order valence-corrected chi connectivity index (χ3v) is 4.23. The molecule has 0 saturated carbocycles. The molecule has 0 aliphatic rings. The van der Waals surface area contributed by atoms with Crippen molar-refractivity contribution in [3.63, 3.8) is 0 Å². The molecule has 0 heterocycles. The van der Waals surface area contributed by atoms with E-state index in [9.17, 15) is 4.79 Å². The van der Waals surface area contributed by atoms with Crippen LogP contribution in [0.15, 0.2) is 66.7 Å².